The summed E-state index contributed by atoms with van der Waals surface area (Å²) >= 11 is 0. The molecule has 1 rings (SSSR count). The van der Waals surface area contributed by atoms with Crippen LogP contribution in [0.5, 0.6) is 0 Å². The van der Waals surface area contributed by atoms with Gasteiger partial charge in [-0.25, -0.2) is 8.42 Å². The van der Waals surface area contributed by atoms with Gasteiger partial charge in [-0.1, -0.05) is 11.6 Å². The van der Waals surface area contributed by atoms with Gasteiger partial charge < -0.3 is 0 Å². The Hall–Kier alpha value is -0.520. The summed E-state index contributed by atoms with van der Waals surface area (Å²) in [6.07, 6.45) is 1.86. The second-order valence-corrected chi connectivity index (χ2v) is 4.25. The van der Waals surface area contributed by atoms with Crippen LogP contribution in [0.25, 0.3) is 0 Å². The highest BCUT2D eigenvalue weighted by Gasteiger charge is 2.46. The van der Waals surface area contributed by atoms with Crippen LogP contribution in [0.3, 0.4) is 0 Å². The highest BCUT2D eigenvalue weighted by Crippen LogP contribution is 2.29. The van der Waals surface area contributed by atoms with Gasteiger partial charge >= 0.3 is 5.51 Å². The Kier molecular flexibility index (Phi) is 1.74. The maximum absolute atomic E-state index is 11.6. The molecule has 0 radical (unpaired) electrons. The largest absolute Gasteiger partial charge is 0.497 e. The van der Waals surface area contributed by atoms with Crippen molar-refractivity contribution in [1.82, 2.24) is 0 Å². The van der Waals surface area contributed by atoms with Crippen LogP contribution >= 0.6 is 0 Å². The van der Waals surface area contributed by atoms with Gasteiger partial charge in [0.15, 0.2) is 0 Å². The smallest absolute Gasteiger partial charge is 0.219 e. The zero-order chi connectivity index (χ0) is 8.70. The van der Waals surface area contributed by atoms with Crippen molar-refractivity contribution < 1.29 is 21.6 Å². The lowest BCUT2D eigenvalue weighted by Gasteiger charge is -2.04. The summed E-state index contributed by atoms with van der Waals surface area (Å²) in [5.41, 5.74) is -4.75. The van der Waals surface area contributed by atoms with E-state index in [-0.39, 0.29) is 0 Å². The lowest BCUT2D eigenvalue weighted by Crippen LogP contribution is -2.25. The quantitative estimate of drug-likeness (QED) is 0.608. The van der Waals surface area contributed by atoms with Crippen LogP contribution in [-0.4, -0.2) is 19.7 Å². The van der Waals surface area contributed by atoms with Crippen LogP contribution in [0.2, 0.25) is 0 Å². The molecule has 0 bridgehead atoms. The minimum Gasteiger partial charge on any atom is -0.219 e. The zero-order valence-corrected chi connectivity index (χ0v) is 6.17. The number of halogens is 3. The van der Waals surface area contributed by atoms with Gasteiger partial charge in [0.1, 0.15) is 0 Å². The fourth-order valence-corrected chi connectivity index (χ4v) is 1.40. The molecule has 0 saturated carbocycles. The van der Waals surface area contributed by atoms with E-state index in [0.717, 1.165) is 0 Å². The van der Waals surface area contributed by atoms with E-state index in [0.29, 0.717) is 12.0 Å². The van der Waals surface area contributed by atoms with Gasteiger partial charge in [-0.2, -0.15) is 13.2 Å². The molecule has 1 aliphatic carbocycles. The number of allylic oxidation sites excluding steroid dienone is 1. The van der Waals surface area contributed by atoms with Gasteiger partial charge in [0.25, 0.3) is 9.84 Å². The highest BCUT2D eigenvalue weighted by molar-refractivity contribution is 7.92. The topological polar surface area (TPSA) is 34.1 Å². The Bertz CT molecular complexity index is 285. The summed E-state index contributed by atoms with van der Waals surface area (Å²) in [6.45, 7) is 0. The molecule has 0 aromatic carbocycles. The van der Waals surface area contributed by atoms with Crippen LogP contribution in [0.15, 0.2) is 11.6 Å². The normalized spacial score (nSPS) is 17.9. The molecule has 6 heteroatoms. The lowest BCUT2D eigenvalue weighted by molar-refractivity contribution is -0.0433. The number of alkyl halides is 3. The van der Waals surface area contributed by atoms with Crippen molar-refractivity contribution in [2.75, 3.05) is 5.75 Å². The van der Waals surface area contributed by atoms with E-state index in [9.17, 15) is 21.6 Å². The Morgan fingerprint density at radius 1 is 1.45 bits per heavy atom. The maximum atomic E-state index is 11.6. The summed E-state index contributed by atoms with van der Waals surface area (Å²) < 4.78 is 55.5. The number of hydrogen-bond acceptors (Lipinski definition) is 2. The maximum Gasteiger partial charge on any atom is 0.497 e. The summed E-state index contributed by atoms with van der Waals surface area (Å²) in [6, 6.07) is 0. The number of sulfone groups is 1. The van der Waals surface area contributed by atoms with Crippen molar-refractivity contribution in [2.45, 2.75) is 11.9 Å². The second-order valence-electron chi connectivity index (χ2n) is 2.27. The van der Waals surface area contributed by atoms with E-state index in [1.807, 2.05) is 0 Å². The van der Waals surface area contributed by atoms with Gasteiger partial charge in [0.2, 0.25) is 0 Å². The molecule has 64 valence electrons. The van der Waals surface area contributed by atoms with Crippen LogP contribution < -0.4 is 0 Å². The number of hydrogen-bond donors (Lipinski definition) is 0. The Balaban J connectivity index is 2.74. The minimum atomic E-state index is -5.10. The van der Waals surface area contributed by atoms with E-state index in [2.05, 4.69) is 0 Å². The molecule has 0 atom stereocenters. The zero-order valence-electron chi connectivity index (χ0n) is 5.35. The molecule has 0 aromatic rings. The van der Waals surface area contributed by atoms with Crippen LogP contribution in [0.1, 0.15) is 6.42 Å². The van der Waals surface area contributed by atoms with Gasteiger partial charge in [-0.3, -0.25) is 0 Å². The van der Waals surface area contributed by atoms with Gasteiger partial charge in [-0.15, -0.1) is 0 Å². The van der Waals surface area contributed by atoms with Crippen molar-refractivity contribution in [2.24, 2.45) is 0 Å². The van der Waals surface area contributed by atoms with Crippen molar-refractivity contribution >= 4 is 9.84 Å². The van der Waals surface area contributed by atoms with Crippen LogP contribution in [0, 0.1) is 0 Å². The molecule has 0 unspecified atom stereocenters. The first-order chi connectivity index (χ1) is 4.83. The SMILES string of the molecule is O=S(=O)(CC1=CC1)C(F)(F)F. The Morgan fingerprint density at radius 3 is 2.18 bits per heavy atom. The first-order valence-corrected chi connectivity index (χ1v) is 4.45. The van der Waals surface area contributed by atoms with Gasteiger partial charge in [0.05, 0.1) is 5.75 Å². The molecule has 0 spiro atoms. The molecular formula is C5H5F3O2S. The van der Waals surface area contributed by atoms with Gasteiger partial charge in [-0.05, 0) is 6.42 Å². The average molecular weight is 186 g/mol. The van der Waals surface area contributed by atoms with Crippen molar-refractivity contribution in [3.8, 4) is 0 Å². The third-order valence-electron chi connectivity index (χ3n) is 1.22. The predicted octanol–water partition coefficient (Wildman–Crippen LogP) is 1.25. The Labute approximate surface area is 61.6 Å². The van der Waals surface area contributed by atoms with Crippen LogP contribution in [0.4, 0.5) is 13.2 Å². The van der Waals surface area contributed by atoms with Crippen LogP contribution in [-0.2, 0) is 9.84 Å². The standard InChI is InChI=1S/C5H5F3O2S/c6-5(7,8)11(9,10)3-4-1-2-4/h1H,2-3H2. The fourth-order valence-electron chi connectivity index (χ4n) is 0.516. The molecular weight excluding hydrogens is 181 g/mol. The second kappa shape index (κ2) is 2.23. The molecule has 0 fully saturated rings. The first kappa shape index (κ1) is 8.58. The monoisotopic (exact) mass is 186 g/mol. The molecule has 0 amide bonds. The predicted molar refractivity (Wildman–Crippen MR) is 32.5 cm³/mol. The average Bonchev–Trinajstić information content (AvgIpc) is 2.45. The van der Waals surface area contributed by atoms with E-state index in [1.165, 1.54) is 6.08 Å². The molecule has 0 N–H and O–H groups in total. The lowest BCUT2D eigenvalue weighted by atomic mass is 10.6. The summed E-state index contributed by atoms with van der Waals surface area (Å²) in [4.78, 5) is 0. The van der Waals surface area contributed by atoms with E-state index < -0.39 is 21.1 Å². The van der Waals surface area contributed by atoms with E-state index >= 15 is 0 Å². The fraction of sp³-hybridized carbons (Fsp3) is 0.600. The molecule has 0 aromatic heterocycles. The molecule has 1 aliphatic rings. The molecule has 11 heavy (non-hydrogen) atoms. The summed E-state index contributed by atoms with van der Waals surface area (Å²) in [5.74, 6) is -0.865. The first-order valence-electron chi connectivity index (χ1n) is 2.80. The molecule has 0 heterocycles. The van der Waals surface area contributed by atoms with Crippen molar-refractivity contribution in [3.05, 3.63) is 11.6 Å². The third-order valence-corrected chi connectivity index (χ3v) is 2.68. The highest BCUT2D eigenvalue weighted by atomic mass is 32.2. The summed E-state index contributed by atoms with van der Waals surface area (Å²) in [5, 5.41) is 0. The molecule has 2 nitrogen and oxygen atoms in total. The molecule has 0 saturated heterocycles. The minimum absolute atomic E-state index is 0.349. The van der Waals surface area contributed by atoms with E-state index in [1.54, 1.807) is 0 Å². The Morgan fingerprint density at radius 2 is 1.91 bits per heavy atom. The van der Waals surface area contributed by atoms with E-state index in [4.69, 9.17) is 0 Å². The van der Waals surface area contributed by atoms with Crippen molar-refractivity contribution in [1.29, 1.82) is 0 Å². The summed E-state index contributed by atoms with van der Waals surface area (Å²) in [7, 11) is -4.90. The molecule has 0 aliphatic heterocycles. The third kappa shape index (κ3) is 1.95. The van der Waals surface area contributed by atoms with Gasteiger partial charge in [0, 0.05) is 0 Å². The van der Waals surface area contributed by atoms with Crippen molar-refractivity contribution in [3.63, 3.8) is 0 Å². The number of rotatable bonds is 2.